The molecule has 5 aliphatic rings. The van der Waals surface area contributed by atoms with Gasteiger partial charge < -0.3 is 0 Å². The Kier molecular flexibility index (Phi) is 5.01. The molecule has 0 N–H and O–H groups in total. The number of aryl methyl sites for hydroxylation is 1. The van der Waals surface area contributed by atoms with Gasteiger partial charge in [0.05, 0.1) is 17.1 Å². The number of hydrogen-bond acceptors (Lipinski definition) is 4. The van der Waals surface area contributed by atoms with Gasteiger partial charge in [0, 0.05) is 32.2 Å². The molecular formula is C25H34N4O2S. The van der Waals surface area contributed by atoms with Crippen LogP contribution in [0.5, 0.6) is 0 Å². The highest BCUT2D eigenvalue weighted by Gasteiger charge is 2.50. The Bertz CT molecular complexity index is 1070. The largest absolute Gasteiger partial charge is 0.297 e. The first-order chi connectivity index (χ1) is 15.4. The highest BCUT2D eigenvalue weighted by atomic mass is 32.2. The summed E-state index contributed by atoms with van der Waals surface area (Å²) in [5, 5.41) is 4.58. The Morgan fingerprint density at radius 2 is 1.44 bits per heavy atom. The first-order valence-corrected chi connectivity index (χ1v) is 13.7. The molecule has 2 aromatic rings. The van der Waals surface area contributed by atoms with Crippen LogP contribution in [0, 0.1) is 37.5 Å². The molecule has 1 aromatic heterocycles. The molecule has 7 heteroatoms. The first kappa shape index (κ1) is 20.9. The van der Waals surface area contributed by atoms with Crippen LogP contribution < -0.4 is 0 Å². The number of rotatable bonds is 4. The van der Waals surface area contributed by atoms with Gasteiger partial charge in [0.1, 0.15) is 4.90 Å². The van der Waals surface area contributed by atoms with E-state index >= 15 is 0 Å². The average molecular weight is 455 g/mol. The molecule has 32 heavy (non-hydrogen) atoms. The van der Waals surface area contributed by atoms with Gasteiger partial charge in [0.2, 0.25) is 10.0 Å². The molecule has 1 aliphatic heterocycles. The molecule has 6 nitrogen and oxygen atoms in total. The van der Waals surface area contributed by atoms with Gasteiger partial charge in [0.25, 0.3) is 0 Å². The van der Waals surface area contributed by atoms with Crippen molar-refractivity contribution in [3.05, 3.63) is 41.7 Å². The summed E-state index contributed by atoms with van der Waals surface area (Å²) in [4.78, 5) is 3.02. The van der Waals surface area contributed by atoms with Crippen LogP contribution in [0.15, 0.2) is 35.2 Å². The van der Waals surface area contributed by atoms with E-state index in [1.165, 1.54) is 32.1 Å². The quantitative estimate of drug-likeness (QED) is 0.708. The predicted octanol–water partition coefficient (Wildman–Crippen LogP) is 3.62. The second-order valence-electron chi connectivity index (χ2n) is 10.6. The first-order valence-electron chi connectivity index (χ1n) is 12.3. The molecule has 0 unspecified atom stereocenters. The minimum absolute atomic E-state index is 0.379. The number of hydrogen-bond donors (Lipinski definition) is 0. The van der Waals surface area contributed by atoms with E-state index < -0.39 is 10.0 Å². The van der Waals surface area contributed by atoms with Gasteiger partial charge in [-0.05, 0) is 81.8 Å². The van der Waals surface area contributed by atoms with Crippen molar-refractivity contribution in [3.8, 4) is 5.69 Å². The minimum atomic E-state index is -3.56. The predicted molar refractivity (Wildman–Crippen MR) is 124 cm³/mol. The van der Waals surface area contributed by atoms with Crippen molar-refractivity contribution in [1.29, 1.82) is 0 Å². The van der Waals surface area contributed by atoms with Crippen LogP contribution in [-0.2, 0) is 10.0 Å². The maximum atomic E-state index is 13.7. The lowest BCUT2D eigenvalue weighted by Crippen LogP contribution is -2.60. The SMILES string of the molecule is Cc1nn(-c2ccccc2)c(C)c1S(=O)(=O)N1CCN(C2C3CC4CC(C3)CC2C4)CC1. The van der Waals surface area contributed by atoms with Gasteiger partial charge in [-0.15, -0.1) is 0 Å². The third-order valence-corrected chi connectivity index (χ3v) is 10.8. The highest BCUT2D eigenvalue weighted by molar-refractivity contribution is 7.89. The molecule has 0 radical (unpaired) electrons. The maximum Gasteiger partial charge on any atom is 0.246 e. The molecule has 0 atom stereocenters. The molecule has 1 aromatic carbocycles. The summed E-state index contributed by atoms with van der Waals surface area (Å²) in [5.41, 5.74) is 2.16. The van der Waals surface area contributed by atoms with E-state index in [0.717, 1.165) is 42.4 Å². The van der Waals surface area contributed by atoms with Crippen LogP contribution in [0.2, 0.25) is 0 Å². The van der Waals surface area contributed by atoms with Crippen molar-refractivity contribution in [1.82, 2.24) is 19.0 Å². The zero-order valence-corrected chi connectivity index (χ0v) is 20.0. The lowest BCUT2D eigenvalue weighted by Gasteiger charge is -2.58. The zero-order chi connectivity index (χ0) is 22.0. The molecule has 0 spiro atoms. The Hall–Kier alpha value is -1.70. The third kappa shape index (κ3) is 3.27. The lowest BCUT2D eigenvalue weighted by atomic mass is 9.54. The fourth-order valence-electron chi connectivity index (χ4n) is 7.69. The smallest absolute Gasteiger partial charge is 0.246 e. The fourth-order valence-corrected chi connectivity index (χ4v) is 9.46. The maximum absolute atomic E-state index is 13.7. The number of aromatic nitrogens is 2. The average Bonchev–Trinajstić information content (AvgIpc) is 3.08. The van der Waals surface area contributed by atoms with Gasteiger partial charge >= 0.3 is 0 Å². The van der Waals surface area contributed by atoms with E-state index in [4.69, 9.17) is 0 Å². The van der Waals surface area contributed by atoms with E-state index in [0.29, 0.717) is 35.4 Å². The minimum Gasteiger partial charge on any atom is -0.297 e. The number of nitrogens with zero attached hydrogens (tertiary/aromatic N) is 4. The summed E-state index contributed by atoms with van der Waals surface area (Å²) in [6.45, 7) is 6.56. The summed E-state index contributed by atoms with van der Waals surface area (Å²) in [5.74, 6) is 3.65. The van der Waals surface area contributed by atoms with Gasteiger partial charge in [-0.2, -0.15) is 9.40 Å². The molecular weight excluding hydrogens is 420 g/mol. The summed E-state index contributed by atoms with van der Waals surface area (Å²) in [7, 11) is -3.56. The summed E-state index contributed by atoms with van der Waals surface area (Å²) in [6, 6.07) is 10.5. The van der Waals surface area contributed by atoms with Gasteiger partial charge in [-0.25, -0.2) is 13.1 Å². The van der Waals surface area contributed by atoms with Gasteiger partial charge in [0.15, 0.2) is 0 Å². The Labute approximate surface area is 191 Å². The molecule has 172 valence electrons. The number of benzene rings is 1. The summed E-state index contributed by atoms with van der Waals surface area (Å²) in [6.07, 6.45) is 7.11. The van der Waals surface area contributed by atoms with Gasteiger partial charge in [-0.3, -0.25) is 4.90 Å². The van der Waals surface area contributed by atoms with Crippen molar-refractivity contribution < 1.29 is 8.42 Å². The van der Waals surface area contributed by atoms with E-state index in [2.05, 4.69) is 10.00 Å². The monoisotopic (exact) mass is 454 g/mol. The fraction of sp³-hybridized carbons (Fsp3) is 0.640. The van der Waals surface area contributed by atoms with Crippen LogP contribution in [0.1, 0.15) is 43.5 Å². The van der Waals surface area contributed by atoms with Crippen LogP contribution >= 0.6 is 0 Å². The molecule has 4 bridgehead atoms. The molecule has 0 amide bonds. The van der Waals surface area contributed by atoms with Crippen molar-refractivity contribution >= 4 is 10.0 Å². The standard InChI is InChI=1S/C25H34N4O2S/c1-17-25(18(2)29(26-17)23-6-4-3-5-7-23)32(30,31)28-10-8-27(9-11-28)24-21-13-19-12-20(15-21)16-22(24)14-19/h3-7,19-22,24H,8-16H2,1-2H3. The number of piperazine rings is 1. The van der Waals surface area contributed by atoms with E-state index in [9.17, 15) is 8.42 Å². The Balaban J connectivity index is 1.20. The third-order valence-electron chi connectivity index (χ3n) is 8.70. The second-order valence-corrected chi connectivity index (χ2v) is 12.5. The lowest BCUT2D eigenvalue weighted by molar-refractivity contribution is -0.0720. The molecule has 4 aliphatic carbocycles. The highest BCUT2D eigenvalue weighted by Crippen LogP contribution is 2.55. The number of sulfonamides is 1. The van der Waals surface area contributed by atoms with Crippen molar-refractivity contribution in [2.24, 2.45) is 23.7 Å². The van der Waals surface area contributed by atoms with Crippen molar-refractivity contribution in [2.45, 2.75) is 56.9 Å². The van der Waals surface area contributed by atoms with Crippen LogP contribution in [0.25, 0.3) is 5.69 Å². The molecule has 5 fully saturated rings. The molecule has 7 rings (SSSR count). The normalized spacial score (nSPS) is 33.1. The molecule has 2 heterocycles. The molecule has 4 saturated carbocycles. The zero-order valence-electron chi connectivity index (χ0n) is 19.2. The van der Waals surface area contributed by atoms with Crippen LogP contribution in [0.3, 0.4) is 0 Å². The summed E-state index contributed by atoms with van der Waals surface area (Å²) >= 11 is 0. The van der Waals surface area contributed by atoms with E-state index in [1.807, 2.05) is 44.2 Å². The topological polar surface area (TPSA) is 58.4 Å². The second kappa shape index (κ2) is 7.67. The Morgan fingerprint density at radius 3 is 2.03 bits per heavy atom. The Morgan fingerprint density at radius 1 is 0.844 bits per heavy atom. The van der Waals surface area contributed by atoms with Crippen LogP contribution in [0.4, 0.5) is 0 Å². The summed E-state index contributed by atoms with van der Waals surface area (Å²) < 4.78 is 30.8. The number of para-hydroxylation sites is 1. The van der Waals surface area contributed by atoms with Crippen molar-refractivity contribution in [3.63, 3.8) is 0 Å². The van der Waals surface area contributed by atoms with Gasteiger partial charge in [-0.1, -0.05) is 18.2 Å². The molecule has 1 saturated heterocycles. The van der Waals surface area contributed by atoms with Crippen molar-refractivity contribution in [2.75, 3.05) is 26.2 Å². The van der Waals surface area contributed by atoms with E-state index in [-0.39, 0.29) is 0 Å². The van der Waals surface area contributed by atoms with E-state index in [1.54, 1.807) is 8.99 Å². The van der Waals surface area contributed by atoms with Crippen LogP contribution in [-0.4, -0.2) is 59.6 Å².